The quantitative estimate of drug-likeness (QED) is 0.811. The second-order valence-electron chi connectivity index (χ2n) is 5.07. The van der Waals surface area contributed by atoms with Crippen molar-refractivity contribution < 1.29 is 23.0 Å². The summed E-state index contributed by atoms with van der Waals surface area (Å²) in [5, 5.41) is 0. The van der Waals surface area contributed by atoms with Crippen molar-refractivity contribution in [1.29, 1.82) is 0 Å². The van der Waals surface area contributed by atoms with E-state index in [1.54, 1.807) is 6.92 Å². The number of rotatable bonds is 5. The van der Waals surface area contributed by atoms with Crippen molar-refractivity contribution in [3.63, 3.8) is 0 Å². The summed E-state index contributed by atoms with van der Waals surface area (Å²) in [4.78, 5) is 0. The molecule has 1 aromatic carbocycles. The van der Waals surface area contributed by atoms with E-state index in [4.69, 9.17) is 14.2 Å². The van der Waals surface area contributed by atoms with E-state index >= 15 is 0 Å². The molecule has 2 atom stereocenters. The van der Waals surface area contributed by atoms with Crippen LogP contribution in [0.3, 0.4) is 0 Å². The third kappa shape index (κ3) is 4.68. The number of ether oxygens (including phenoxy) is 3. The van der Waals surface area contributed by atoms with Crippen molar-refractivity contribution in [3.05, 3.63) is 28.7 Å². The number of hydrogen-bond donors (Lipinski definition) is 0. The summed E-state index contributed by atoms with van der Waals surface area (Å²) in [6.07, 6.45) is -3.08. The molecule has 0 bridgehead atoms. The minimum atomic E-state index is -2.41. The largest absolute Gasteiger partial charge is 0.491 e. The summed E-state index contributed by atoms with van der Waals surface area (Å²) in [7, 11) is 0. The average molecular weight is 351 g/mol. The fourth-order valence-corrected chi connectivity index (χ4v) is 2.38. The number of halogens is 3. The van der Waals surface area contributed by atoms with E-state index < -0.39 is 12.0 Å². The first kappa shape index (κ1) is 15.7. The van der Waals surface area contributed by atoms with Crippen LogP contribution >= 0.6 is 15.9 Å². The van der Waals surface area contributed by atoms with Crippen molar-refractivity contribution >= 4 is 15.9 Å². The summed E-state index contributed by atoms with van der Waals surface area (Å²) in [5.74, 6) is 0.706. The standard InChI is InChI=1S/C14H17BrF2O3/c1-14(6-13(16)17)9-18-7-12(20-14)8-19-11-4-2-10(15)3-5-11/h2-5,12-13H,6-9H2,1H3. The molecule has 0 amide bonds. The van der Waals surface area contributed by atoms with Crippen molar-refractivity contribution in [3.8, 4) is 5.75 Å². The van der Waals surface area contributed by atoms with E-state index in [-0.39, 0.29) is 25.7 Å². The minimum Gasteiger partial charge on any atom is -0.491 e. The van der Waals surface area contributed by atoms with Gasteiger partial charge in [-0.25, -0.2) is 8.78 Å². The van der Waals surface area contributed by atoms with E-state index in [9.17, 15) is 8.78 Å². The molecular weight excluding hydrogens is 334 g/mol. The molecule has 1 aliphatic heterocycles. The summed E-state index contributed by atoms with van der Waals surface area (Å²) in [6.45, 7) is 2.47. The molecule has 20 heavy (non-hydrogen) atoms. The van der Waals surface area contributed by atoms with Gasteiger partial charge in [-0.3, -0.25) is 0 Å². The number of hydrogen-bond acceptors (Lipinski definition) is 3. The van der Waals surface area contributed by atoms with Crippen molar-refractivity contribution in [2.75, 3.05) is 19.8 Å². The van der Waals surface area contributed by atoms with Gasteiger partial charge in [0.05, 0.1) is 18.8 Å². The Balaban J connectivity index is 1.85. The maximum Gasteiger partial charge on any atom is 0.241 e. The number of alkyl halides is 2. The minimum absolute atomic E-state index is 0.187. The van der Waals surface area contributed by atoms with Gasteiger partial charge in [-0.2, -0.15) is 0 Å². The summed E-state index contributed by atoms with van der Waals surface area (Å²) in [5.41, 5.74) is -0.944. The fourth-order valence-electron chi connectivity index (χ4n) is 2.11. The van der Waals surface area contributed by atoms with E-state index in [0.717, 1.165) is 4.47 Å². The predicted molar refractivity (Wildman–Crippen MR) is 74.4 cm³/mol. The molecule has 1 saturated heterocycles. The summed E-state index contributed by atoms with van der Waals surface area (Å²) in [6, 6.07) is 7.39. The van der Waals surface area contributed by atoms with Crippen LogP contribution in [-0.2, 0) is 9.47 Å². The number of benzene rings is 1. The van der Waals surface area contributed by atoms with Crippen LogP contribution in [0, 0.1) is 0 Å². The van der Waals surface area contributed by atoms with Crippen LogP contribution in [0.4, 0.5) is 8.78 Å². The zero-order valence-corrected chi connectivity index (χ0v) is 12.7. The first-order chi connectivity index (χ1) is 9.47. The Morgan fingerprint density at radius 3 is 2.75 bits per heavy atom. The lowest BCUT2D eigenvalue weighted by Gasteiger charge is -2.38. The van der Waals surface area contributed by atoms with Crippen molar-refractivity contribution in [2.45, 2.75) is 31.5 Å². The molecule has 112 valence electrons. The van der Waals surface area contributed by atoms with Gasteiger partial charge >= 0.3 is 0 Å². The molecule has 0 aromatic heterocycles. The molecule has 3 nitrogen and oxygen atoms in total. The summed E-state index contributed by atoms with van der Waals surface area (Å²) >= 11 is 3.34. The average Bonchev–Trinajstić information content (AvgIpc) is 2.37. The Morgan fingerprint density at radius 2 is 2.10 bits per heavy atom. The zero-order chi connectivity index (χ0) is 14.6. The lowest BCUT2D eigenvalue weighted by molar-refractivity contribution is -0.209. The third-order valence-corrected chi connectivity index (χ3v) is 3.53. The van der Waals surface area contributed by atoms with Crippen LogP contribution in [0.1, 0.15) is 13.3 Å². The highest BCUT2D eigenvalue weighted by molar-refractivity contribution is 9.10. The maximum absolute atomic E-state index is 12.5. The van der Waals surface area contributed by atoms with Gasteiger partial charge in [0.2, 0.25) is 6.43 Å². The first-order valence-corrected chi connectivity index (χ1v) is 7.18. The molecule has 0 radical (unpaired) electrons. The van der Waals surface area contributed by atoms with Crippen molar-refractivity contribution in [2.24, 2.45) is 0 Å². The van der Waals surface area contributed by atoms with Crippen LogP contribution in [0.2, 0.25) is 0 Å². The van der Waals surface area contributed by atoms with Gasteiger partial charge in [-0.15, -0.1) is 0 Å². The van der Waals surface area contributed by atoms with Crippen LogP contribution in [0.25, 0.3) is 0 Å². The van der Waals surface area contributed by atoms with Crippen LogP contribution < -0.4 is 4.74 Å². The second-order valence-corrected chi connectivity index (χ2v) is 5.98. The normalized spacial score (nSPS) is 26.8. The van der Waals surface area contributed by atoms with Gasteiger partial charge in [-0.05, 0) is 31.2 Å². The molecule has 1 aliphatic rings. The molecule has 1 fully saturated rings. The molecule has 1 aromatic rings. The van der Waals surface area contributed by atoms with Gasteiger partial charge in [0.1, 0.15) is 18.5 Å². The molecule has 2 rings (SSSR count). The topological polar surface area (TPSA) is 27.7 Å². The van der Waals surface area contributed by atoms with E-state index in [1.807, 2.05) is 24.3 Å². The highest BCUT2D eigenvalue weighted by Crippen LogP contribution is 2.26. The first-order valence-electron chi connectivity index (χ1n) is 6.39. The van der Waals surface area contributed by atoms with Gasteiger partial charge in [-0.1, -0.05) is 15.9 Å². The van der Waals surface area contributed by atoms with Gasteiger partial charge in [0.25, 0.3) is 0 Å². The van der Waals surface area contributed by atoms with Crippen LogP contribution in [0.15, 0.2) is 28.7 Å². The molecule has 0 saturated carbocycles. The van der Waals surface area contributed by atoms with Gasteiger partial charge < -0.3 is 14.2 Å². The smallest absolute Gasteiger partial charge is 0.241 e. The van der Waals surface area contributed by atoms with Crippen molar-refractivity contribution in [1.82, 2.24) is 0 Å². The highest BCUT2D eigenvalue weighted by atomic mass is 79.9. The van der Waals surface area contributed by atoms with Gasteiger partial charge in [0, 0.05) is 10.9 Å². The Hall–Kier alpha value is -0.720. The van der Waals surface area contributed by atoms with E-state index in [0.29, 0.717) is 12.4 Å². The maximum atomic E-state index is 12.5. The molecule has 2 unspecified atom stereocenters. The molecule has 0 spiro atoms. The molecule has 0 N–H and O–H groups in total. The molecule has 0 aliphatic carbocycles. The predicted octanol–water partition coefficient (Wildman–Crippen LogP) is 3.66. The molecular formula is C14H17BrF2O3. The zero-order valence-electron chi connectivity index (χ0n) is 11.2. The van der Waals surface area contributed by atoms with E-state index in [2.05, 4.69) is 15.9 Å². The van der Waals surface area contributed by atoms with Gasteiger partial charge in [0.15, 0.2) is 0 Å². The van der Waals surface area contributed by atoms with E-state index in [1.165, 1.54) is 0 Å². The van der Waals surface area contributed by atoms with Crippen LogP contribution in [0.5, 0.6) is 5.75 Å². The summed E-state index contributed by atoms with van der Waals surface area (Å²) < 4.78 is 42.6. The molecule has 6 heteroatoms. The third-order valence-electron chi connectivity index (χ3n) is 3.00. The monoisotopic (exact) mass is 350 g/mol. The Morgan fingerprint density at radius 1 is 1.40 bits per heavy atom. The molecule has 1 heterocycles. The second kappa shape index (κ2) is 6.83. The SMILES string of the molecule is CC1(CC(F)F)COCC(COc2ccc(Br)cc2)O1. The highest BCUT2D eigenvalue weighted by Gasteiger charge is 2.36. The Labute approximate surface area is 125 Å². The Bertz CT molecular complexity index is 427. The lowest BCUT2D eigenvalue weighted by atomic mass is 10.0. The van der Waals surface area contributed by atoms with Crippen LogP contribution in [-0.4, -0.2) is 38.0 Å². The Kier molecular flexibility index (Phi) is 5.35. The lowest BCUT2D eigenvalue weighted by Crippen LogP contribution is -2.48. The fraction of sp³-hybridized carbons (Fsp3) is 0.571.